The Hall–Kier alpha value is -2.99. The molecule has 0 radical (unpaired) electrons. The van der Waals surface area contributed by atoms with Crippen LogP contribution in [-0.2, 0) is 4.74 Å². The molecule has 0 saturated carbocycles. The van der Waals surface area contributed by atoms with Crippen LogP contribution in [0.4, 0.5) is 0 Å². The number of hydrogen-bond acceptors (Lipinski definition) is 4. The maximum Gasteiger partial charge on any atom is 0.290 e. The minimum Gasteiger partial charge on any atom is -0.385 e. The fourth-order valence-electron chi connectivity index (χ4n) is 2.83. The second-order valence-corrected chi connectivity index (χ2v) is 6.91. The molecule has 3 rings (SSSR count). The van der Waals surface area contributed by atoms with Crippen molar-refractivity contribution >= 4 is 5.91 Å². The predicted molar refractivity (Wildman–Crippen MR) is 110 cm³/mol. The highest BCUT2D eigenvalue weighted by Crippen LogP contribution is 2.23. The van der Waals surface area contributed by atoms with Crippen LogP contribution in [0.5, 0.6) is 0 Å². The van der Waals surface area contributed by atoms with Gasteiger partial charge in [0.25, 0.3) is 5.91 Å². The van der Waals surface area contributed by atoms with Crippen molar-refractivity contribution in [2.24, 2.45) is 0 Å². The number of carbonyl (C=O) groups excluding carboxylic acids is 1. The van der Waals surface area contributed by atoms with Crippen molar-refractivity contribution in [1.29, 1.82) is 0 Å². The Kier molecular flexibility index (Phi) is 6.21. The van der Waals surface area contributed by atoms with Crippen molar-refractivity contribution in [1.82, 2.24) is 20.1 Å². The van der Waals surface area contributed by atoms with Gasteiger partial charge in [0.2, 0.25) is 5.82 Å². The summed E-state index contributed by atoms with van der Waals surface area (Å²) in [5.41, 5.74) is 5.32. The van der Waals surface area contributed by atoms with Crippen LogP contribution in [-0.4, -0.2) is 40.9 Å². The van der Waals surface area contributed by atoms with Crippen molar-refractivity contribution in [3.8, 4) is 17.1 Å². The molecule has 0 aliphatic heterocycles. The SMILES string of the molecule is COCCCNC(=O)c1nc(-c2ccc(C)cc2)n(-c2ccc(C)c(C)c2)n1. The molecule has 1 amide bonds. The summed E-state index contributed by atoms with van der Waals surface area (Å²) in [4.78, 5) is 17.1. The molecule has 0 aliphatic rings. The number of methoxy groups -OCH3 is 1. The second kappa shape index (κ2) is 8.80. The van der Waals surface area contributed by atoms with Gasteiger partial charge in [-0.25, -0.2) is 9.67 Å². The third-order valence-corrected chi connectivity index (χ3v) is 4.67. The van der Waals surface area contributed by atoms with Crippen LogP contribution in [0.1, 0.15) is 33.7 Å². The van der Waals surface area contributed by atoms with Crippen LogP contribution >= 0.6 is 0 Å². The van der Waals surface area contributed by atoms with E-state index in [0.717, 1.165) is 28.8 Å². The average Bonchev–Trinajstić information content (AvgIpc) is 3.13. The number of rotatable bonds is 7. The van der Waals surface area contributed by atoms with E-state index in [1.54, 1.807) is 11.8 Å². The molecule has 0 atom stereocenters. The number of nitrogens with zero attached hydrogens (tertiary/aromatic N) is 3. The number of benzene rings is 2. The summed E-state index contributed by atoms with van der Waals surface area (Å²) in [6.45, 7) is 7.28. The first-order valence-corrected chi connectivity index (χ1v) is 9.38. The Morgan fingerprint density at radius 2 is 1.82 bits per heavy atom. The standard InChI is InChI=1S/C22H26N4O2/c1-15-6-9-18(10-7-15)21-24-20(22(27)23-12-5-13-28-4)25-26(21)19-11-8-16(2)17(3)14-19/h6-11,14H,5,12-13H2,1-4H3,(H,23,27). The summed E-state index contributed by atoms with van der Waals surface area (Å²) in [6.07, 6.45) is 0.741. The number of ether oxygens (including phenoxy) is 1. The summed E-state index contributed by atoms with van der Waals surface area (Å²) in [5.74, 6) is 0.517. The molecule has 0 fully saturated rings. The minimum atomic E-state index is -0.285. The van der Waals surface area contributed by atoms with Gasteiger partial charge in [0.05, 0.1) is 5.69 Å². The molecule has 3 aromatic rings. The number of aromatic nitrogens is 3. The largest absolute Gasteiger partial charge is 0.385 e. The molecule has 2 aromatic carbocycles. The molecule has 0 saturated heterocycles. The quantitative estimate of drug-likeness (QED) is 0.638. The van der Waals surface area contributed by atoms with E-state index >= 15 is 0 Å². The van der Waals surface area contributed by atoms with E-state index < -0.39 is 0 Å². The van der Waals surface area contributed by atoms with E-state index in [1.807, 2.05) is 37.3 Å². The number of carbonyl (C=O) groups is 1. The summed E-state index contributed by atoms with van der Waals surface area (Å²) < 4.78 is 6.75. The molecule has 1 aromatic heterocycles. The van der Waals surface area contributed by atoms with Gasteiger partial charge in [-0.15, -0.1) is 5.10 Å². The first-order chi connectivity index (χ1) is 13.5. The first kappa shape index (κ1) is 19.8. The Labute approximate surface area is 165 Å². The topological polar surface area (TPSA) is 69.0 Å². The molecule has 1 heterocycles. The Bertz CT molecular complexity index is 961. The fourth-order valence-corrected chi connectivity index (χ4v) is 2.83. The highest BCUT2D eigenvalue weighted by Gasteiger charge is 2.18. The van der Waals surface area contributed by atoms with Gasteiger partial charge in [-0.05, 0) is 50.5 Å². The number of hydrogen-bond donors (Lipinski definition) is 1. The van der Waals surface area contributed by atoms with Gasteiger partial charge in [-0.1, -0.05) is 35.9 Å². The molecule has 146 valence electrons. The molecule has 0 aliphatic carbocycles. The highest BCUT2D eigenvalue weighted by molar-refractivity contribution is 5.91. The zero-order valence-corrected chi connectivity index (χ0v) is 16.8. The molecule has 6 nitrogen and oxygen atoms in total. The summed E-state index contributed by atoms with van der Waals surface area (Å²) in [6, 6.07) is 14.2. The first-order valence-electron chi connectivity index (χ1n) is 9.38. The lowest BCUT2D eigenvalue weighted by atomic mass is 10.1. The highest BCUT2D eigenvalue weighted by atomic mass is 16.5. The Morgan fingerprint density at radius 3 is 2.50 bits per heavy atom. The lowest BCUT2D eigenvalue weighted by molar-refractivity contribution is 0.0938. The van der Waals surface area contributed by atoms with Gasteiger partial charge in [-0.3, -0.25) is 4.79 Å². The normalized spacial score (nSPS) is 10.9. The van der Waals surface area contributed by atoms with Crippen LogP contribution in [0.3, 0.4) is 0 Å². The molecular formula is C22H26N4O2. The third kappa shape index (κ3) is 4.46. The zero-order valence-electron chi connectivity index (χ0n) is 16.8. The second-order valence-electron chi connectivity index (χ2n) is 6.91. The van der Waals surface area contributed by atoms with Crippen LogP contribution in [0.2, 0.25) is 0 Å². The maximum atomic E-state index is 12.5. The number of nitrogens with one attached hydrogen (secondary N) is 1. The van der Waals surface area contributed by atoms with Crippen molar-refractivity contribution in [3.63, 3.8) is 0 Å². The molecule has 0 spiro atoms. The summed E-state index contributed by atoms with van der Waals surface area (Å²) in [5, 5.41) is 7.36. The van der Waals surface area contributed by atoms with Crippen LogP contribution < -0.4 is 5.32 Å². The third-order valence-electron chi connectivity index (χ3n) is 4.67. The van der Waals surface area contributed by atoms with E-state index in [4.69, 9.17) is 4.74 Å². The van der Waals surface area contributed by atoms with Gasteiger partial charge in [-0.2, -0.15) is 0 Å². The molecule has 0 bridgehead atoms. The van der Waals surface area contributed by atoms with Crippen molar-refractivity contribution in [3.05, 3.63) is 65.0 Å². The van der Waals surface area contributed by atoms with E-state index in [0.29, 0.717) is 19.0 Å². The molecule has 6 heteroatoms. The van der Waals surface area contributed by atoms with Gasteiger partial charge in [0.15, 0.2) is 5.82 Å². The predicted octanol–water partition coefficient (Wildman–Crippen LogP) is 3.63. The van der Waals surface area contributed by atoms with Gasteiger partial charge in [0.1, 0.15) is 0 Å². The Balaban J connectivity index is 1.98. The minimum absolute atomic E-state index is 0.159. The van der Waals surface area contributed by atoms with Crippen molar-refractivity contribution in [2.45, 2.75) is 27.2 Å². The number of amides is 1. The average molecular weight is 378 g/mol. The van der Waals surface area contributed by atoms with Crippen molar-refractivity contribution in [2.75, 3.05) is 20.3 Å². The zero-order chi connectivity index (χ0) is 20.1. The maximum absolute atomic E-state index is 12.5. The monoisotopic (exact) mass is 378 g/mol. The van der Waals surface area contributed by atoms with E-state index in [1.165, 1.54) is 5.56 Å². The van der Waals surface area contributed by atoms with Crippen molar-refractivity contribution < 1.29 is 9.53 Å². The van der Waals surface area contributed by atoms with E-state index in [9.17, 15) is 4.79 Å². The van der Waals surface area contributed by atoms with Crippen LogP contribution in [0, 0.1) is 20.8 Å². The van der Waals surface area contributed by atoms with Gasteiger partial charge >= 0.3 is 0 Å². The smallest absolute Gasteiger partial charge is 0.290 e. The summed E-state index contributed by atoms with van der Waals surface area (Å²) >= 11 is 0. The van der Waals surface area contributed by atoms with E-state index in [2.05, 4.69) is 41.4 Å². The molecule has 28 heavy (non-hydrogen) atoms. The number of aryl methyl sites for hydroxylation is 3. The lowest BCUT2D eigenvalue weighted by Crippen LogP contribution is -2.26. The van der Waals surface area contributed by atoms with Crippen LogP contribution in [0.15, 0.2) is 42.5 Å². The summed E-state index contributed by atoms with van der Waals surface area (Å²) in [7, 11) is 1.64. The van der Waals surface area contributed by atoms with Gasteiger partial charge < -0.3 is 10.1 Å². The van der Waals surface area contributed by atoms with Crippen LogP contribution in [0.25, 0.3) is 17.1 Å². The molecule has 1 N–H and O–H groups in total. The Morgan fingerprint density at radius 1 is 1.07 bits per heavy atom. The molecule has 0 unspecified atom stereocenters. The van der Waals surface area contributed by atoms with Gasteiger partial charge in [0, 0.05) is 25.8 Å². The van der Waals surface area contributed by atoms with E-state index in [-0.39, 0.29) is 11.7 Å². The lowest BCUT2D eigenvalue weighted by Gasteiger charge is -2.08. The fraction of sp³-hybridized carbons (Fsp3) is 0.318. The molecular weight excluding hydrogens is 352 g/mol.